The molecule has 7 nitrogen and oxygen atoms in total. The van der Waals surface area contributed by atoms with Gasteiger partial charge < -0.3 is 20.4 Å². The Morgan fingerprint density at radius 1 is 1.11 bits per heavy atom. The summed E-state index contributed by atoms with van der Waals surface area (Å²) in [5.74, 6) is -3.88. The van der Waals surface area contributed by atoms with E-state index in [-0.39, 0.29) is 18.9 Å². The summed E-state index contributed by atoms with van der Waals surface area (Å²) in [6.45, 7) is 1.98. The van der Waals surface area contributed by atoms with Crippen LogP contribution in [0.1, 0.15) is 12.8 Å². The van der Waals surface area contributed by atoms with Gasteiger partial charge in [0.2, 0.25) is 5.91 Å². The molecule has 0 aromatic heterocycles. The quantitative estimate of drug-likeness (QED) is 0.619. The van der Waals surface area contributed by atoms with Crippen LogP contribution in [0.5, 0.6) is 0 Å². The molecule has 2 rings (SSSR count). The van der Waals surface area contributed by atoms with Crippen LogP contribution in [0.3, 0.4) is 0 Å². The molecule has 106 valence electrons. The third kappa shape index (κ3) is 3.04. The van der Waals surface area contributed by atoms with E-state index < -0.39 is 23.8 Å². The lowest BCUT2D eigenvalue weighted by Gasteiger charge is -2.36. The number of carbonyl (C=O) groups excluding carboxylic acids is 1. The molecule has 2 aliphatic rings. The third-order valence-corrected chi connectivity index (χ3v) is 3.93. The number of aliphatic carboxylic acids is 2. The highest BCUT2D eigenvalue weighted by atomic mass is 16.4. The van der Waals surface area contributed by atoms with Gasteiger partial charge >= 0.3 is 11.9 Å². The van der Waals surface area contributed by atoms with E-state index in [0.717, 1.165) is 13.1 Å². The van der Waals surface area contributed by atoms with E-state index >= 15 is 0 Å². The number of amides is 1. The molecule has 2 aliphatic heterocycles. The highest BCUT2D eigenvalue weighted by Crippen LogP contribution is 2.25. The van der Waals surface area contributed by atoms with Crippen LogP contribution in [-0.4, -0.2) is 59.1 Å². The summed E-state index contributed by atoms with van der Waals surface area (Å²) in [4.78, 5) is 35.6. The van der Waals surface area contributed by atoms with Crippen molar-refractivity contribution >= 4 is 17.8 Å². The highest BCUT2D eigenvalue weighted by molar-refractivity contribution is 5.82. The second kappa shape index (κ2) is 5.56. The first kappa shape index (κ1) is 13.8. The van der Waals surface area contributed by atoms with Crippen molar-refractivity contribution < 1.29 is 24.6 Å². The molecule has 2 saturated heterocycles. The molecule has 0 aliphatic carbocycles. The van der Waals surface area contributed by atoms with Crippen molar-refractivity contribution in [3.8, 4) is 0 Å². The van der Waals surface area contributed by atoms with E-state index in [2.05, 4.69) is 5.32 Å². The molecule has 0 aromatic rings. The summed E-state index contributed by atoms with van der Waals surface area (Å²) < 4.78 is 0. The Morgan fingerprint density at radius 3 is 2.21 bits per heavy atom. The fourth-order valence-electron chi connectivity index (χ4n) is 2.59. The number of nitrogens with zero attached hydrogens (tertiary/aromatic N) is 1. The number of likely N-dealkylation sites (tertiary alicyclic amines) is 1. The summed E-state index contributed by atoms with van der Waals surface area (Å²) in [5.41, 5.74) is 0. The number of carbonyl (C=O) groups is 3. The maximum atomic E-state index is 12.0. The van der Waals surface area contributed by atoms with E-state index in [1.54, 1.807) is 0 Å². The molecule has 1 amide bonds. The second-order valence-corrected chi connectivity index (χ2v) is 5.25. The van der Waals surface area contributed by atoms with Crippen molar-refractivity contribution in [3.05, 3.63) is 0 Å². The normalized spacial score (nSPS) is 27.7. The molecule has 0 bridgehead atoms. The van der Waals surface area contributed by atoms with Gasteiger partial charge in [0.25, 0.3) is 0 Å². The van der Waals surface area contributed by atoms with Gasteiger partial charge in [-0.1, -0.05) is 0 Å². The van der Waals surface area contributed by atoms with Crippen LogP contribution < -0.4 is 5.32 Å². The van der Waals surface area contributed by atoms with Gasteiger partial charge in [-0.15, -0.1) is 0 Å². The predicted molar refractivity (Wildman–Crippen MR) is 64.4 cm³/mol. The van der Waals surface area contributed by atoms with Crippen molar-refractivity contribution in [2.45, 2.75) is 12.8 Å². The number of hydrogen-bond donors (Lipinski definition) is 3. The molecule has 0 spiro atoms. The Labute approximate surface area is 110 Å². The number of nitrogens with one attached hydrogen (secondary N) is 1. The SMILES string of the molecule is O=C(O)C1CCN(C(=O)CC2CNC2)CC1C(=O)O. The molecule has 2 fully saturated rings. The molecular weight excluding hydrogens is 252 g/mol. The molecule has 0 aromatic carbocycles. The lowest BCUT2D eigenvalue weighted by molar-refractivity contribution is -0.159. The number of hydrogen-bond acceptors (Lipinski definition) is 4. The van der Waals surface area contributed by atoms with Gasteiger partial charge in [0.1, 0.15) is 0 Å². The second-order valence-electron chi connectivity index (χ2n) is 5.25. The van der Waals surface area contributed by atoms with Crippen molar-refractivity contribution in [2.75, 3.05) is 26.2 Å². The summed E-state index contributed by atoms with van der Waals surface area (Å²) in [7, 11) is 0. The Bertz CT molecular complexity index is 394. The van der Waals surface area contributed by atoms with E-state index in [9.17, 15) is 14.4 Å². The monoisotopic (exact) mass is 270 g/mol. The van der Waals surface area contributed by atoms with Gasteiger partial charge in [-0.2, -0.15) is 0 Å². The minimum absolute atomic E-state index is 0.00524. The van der Waals surface area contributed by atoms with Crippen LogP contribution in [0.4, 0.5) is 0 Å². The average Bonchev–Trinajstić information content (AvgIpc) is 2.32. The fourth-order valence-corrected chi connectivity index (χ4v) is 2.59. The van der Waals surface area contributed by atoms with Crippen molar-refractivity contribution in [1.82, 2.24) is 10.2 Å². The van der Waals surface area contributed by atoms with E-state index in [1.165, 1.54) is 4.90 Å². The summed E-state index contributed by atoms with van der Waals surface area (Å²) in [6.07, 6.45) is 0.623. The van der Waals surface area contributed by atoms with Crippen molar-refractivity contribution in [2.24, 2.45) is 17.8 Å². The average molecular weight is 270 g/mol. The van der Waals surface area contributed by atoms with Crippen LogP contribution in [-0.2, 0) is 14.4 Å². The maximum absolute atomic E-state index is 12.0. The zero-order valence-corrected chi connectivity index (χ0v) is 10.5. The molecule has 2 atom stereocenters. The third-order valence-electron chi connectivity index (χ3n) is 3.93. The molecule has 0 radical (unpaired) electrons. The van der Waals surface area contributed by atoms with E-state index in [4.69, 9.17) is 10.2 Å². The predicted octanol–water partition coefficient (Wildman–Crippen LogP) is -0.770. The number of carboxylic acids is 2. The van der Waals surface area contributed by atoms with Crippen LogP contribution in [0.2, 0.25) is 0 Å². The summed E-state index contributed by atoms with van der Waals surface area (Å²) in [6, 6.07) is 0. The Balaban J connectivity index is 1.95. The first-order valence-electron chi connectivity index (χ1n) is 6.43. The van der Waals surface area contributed by atoms with Gasteiger partial charge in [-0.05, 0) is 25.4 Å². The highest BCUT2D eigenvalue weighted by Gasteiger charge is 2.40. The van der Waals surface area contributed by atoms with Crippen LogP contribution in [0.15, 0.2) is 0 Å². The van der Waals surface area contributed by atoms with Gasteiger partial charge in [0.05, 0.1) is 11.8 Å². The molecule has 3 N–H and O–H groups in total. The summed E-state index contributed by atoms with van der Waals surface area (Å²) in [5, 5.41) is 21.2. The molecule has 0 saturated carbocycles. The lowest BCUT2D eigenvalue weighted by atomic mass is 9.85. The fraction of sp³-hybridized carbons (Fsp3) is 0.750. The number of rotatable bonds is 4. The van der Waals surface area contributed by atoms with Gasteiger partial charge in [-0.25, -0.2) is 0 Å². The Morgan fingerprint density at radius 2 is 1.74 bits per heavy atom. The van der Waals surface area contributed by atoms with Crippen LogP contribution >= 0.6 is 0 Å². The molecule has 2 unspecified atom stereocenters. The minimum Gasteiger partial charge on any atom is -0.481 e. The lowest BCUT2D eigenvalue weighted by Crippen LogP contribution is -2.51. The van der Waals surface area contributed by atoms with Crippen LogP contribution in [0, 0.1) is 17.8 Å². The van der Waals surface area contributed by atoms with E-state index in [0.29, 0.717) is 18.9 Å². The topological polar surface area (TPSA) is 107 Å². The Kier molecular flexibility index (Phi) is 4.04. The zero-order chi connectivity index (χ0) is 14.0. The smallest absolute Gasteiger partial charge is 0.309 e. The summed E-state index contributed by atoms with van der Waals surface area (Å²) >= 11 is 0. The zero-order valence-electron chi connectivity index (χ0n) is 10.5. The maximum Gasteiger partial charge on any atom is 0.309 e. The number of piperidine rings is 1. The molecule has 2 heterocycles. The first-order valence-corrected chi connectivity index (χ1v) is 6.43. The van der Waals surface area contributed by atoms with Crippen molar-refractivity contribution in [1.29, 1.82) is 0 Å². The Hall–Kier alpha value is -1.63. The van der Waals surface area contributed by atoms with Crippen LogP contribution in [0.25, 0.3) is 0 Å². The minimum atomic E-state index is -1.14. The largest absolute Gasteiger partial charge is 0.481 e. The van der Waals surface area contributed by atoms with Gasteiger partial charge in [0, 0.05) is 19.5 Å². The standard InChI is InChI=1S/C12H18N2O5/c15-10(3-7-4-13-5-7)14-2-1-8(11(16)17)9(6-14)12(18)19/h7-9,13H,1-6H2,(H,16,17)(H,18,19). The van der Waals surface area contributed by atoms with Crippen molar-refractivity contribution in [3.63, 3.8) is 0 Å². The molecule has 7 heteroatoms. The molecule has 19 heavy (non-hydrogen) atoms. The van der Waals surface area contributed by atoms with Gasteiger partial charge in [0.15, 0.2) is 0 Å². The molecular formula is C12H18N2O5. The number of carboxylic acid groups (broad SMARTS) is 2. The van der Waals surface area contributed by atoms with E-state index in [1.807, 2.05) is 0 Å². The first-order chi connectivity index (χ1) is 8.99. The van der Waals surface area contributed by atoms with Gasteiger partial charge in [-0.3, -0.25) is 14.4 Å².